The molecule has 0 aliphatic carbocycles. The van der Waals surface area contributed by atoms with E-state index in [4.69, 9.17) is 0 Å². The van der Waals surface area contributed by atoms with E-state index in [2.05, 4.69) is 24.0 Å². The topological polar surface area (TPSA) is 23.5 Å². The molecule has 0 spiro atoms. The van der Waals surface area contributed by atoms with Crippen molar-refractivity contribution in [2.45, 2.75) is 32.4 Å². The van der Waals surface area contributed by atoms with Crippen LogP contribution >= 0.6 is 0 Å². The molecule has 0 bridgehead atoms. The molecule has 0 aliphatic heterocycles. The van der Waals surface area contributed by atoms with Crippen LogP contribution in [0.25, 0.3) is 0 Å². The summed E-state index contributed by atoms with van der Waals surface area (Å²) in [5.41, 5.74) is 1.67. The lowest BCUT2D eigenvalue weighted by molar-refractivity contribution is -0.00342. The Bertz CT molecular complexity index is 326. The van der Waals surface area contributed by atoms with Gasteiger partial charge in [0.15, 0.2) is 0 Å². The molecule has 2 nitrogen and oxygen atoms in total. The second kappa shape index (κ2) is 4.33. The highest BCUT2D eigenvalue weighted by Gasteiger charge is 2.30. The van der Waals surface area contributed by atoms with Gasteiger partial charge in [0, 0.05) is 0 Å². The summed E-state index contributed by atoms with van der Waals surface area (Å²) in [6.07, 6.45) is 0. The smallest absolute Gasteiger partial charge is 0.0787 e. The Kier molecular flexibility index (Phi) is 3.53. The predicted molar refractivity (Wildman–Crippen MR) is 63.9 cm³/mol. The lowest BCUT2D eigenvalue weighted by atomic mass is 9.88. The van der Waals surface area contributed by atoms with Gasteiger partial charge >= 0.3 is 0 Å². The molecule has 0 fully saturated rings. The molecule has 1 atom stereocenters. The van der Waals surface area contributed by atoms with Crippen molar-refractivity contribution < 1.29 is 5.11 Å². The molecule has 0 amide bonds. The Labute approximate surface area is 92.5 Å². The Morgan fingerprint density at radius 2 is 1.73 bits per heavy atom. The fourth-order valence-electron chi connectivity index (χ4n) is 2.18. The van der Waals surface area contributed by atoms with Crippen LogP contribution in [0.4, 0.5) is 0 Å². The molecule has 0 aromatic heterocycles. The highest BCUT2D eigenvalue weighted by molar-refractivity contribution is 5.30. The van der Waals surface area contributed by atoms with Gasteiger partial charge in [-0.25, -0.2) is 0 Å². The van der Waals surface area contributed by atoms with Crippen LogP contribution in [0.15, 0.2) is 24.3 Å². The molecule has 1 rings (SSSR count). The zero-order chi connectivity index (χ0) is 11.6. The zero-order valence-corrected chi connectivity index (χ0v) is 10.3. The first-order valence-corrected chi connectivity index (χ1v) is 5.28. The Hall–Kier alpha value is -0.860. The minimum atomic E-state index is -0.740. The molecule has 0 heterocycles. The monoisotopic (exact) mass is 207 g/mol. The van der Waals surface area contributed by atoms with Gasteiger partial charge in [-0.3, -0.25) is 4.90 Å². The lowest BCUT2D eigenvalue weighted by Gasteiger charge is -2.36. The van der Waals surface area contributed by atoms with Crippen LogP contribution in [-0.2, 0) is 0 Å². The molecule has 1 unspecified atom stereocenters. The van der Waals surface area contributed by atoms with Gasteiger partial charge in [0.25, 0.3) is 0 Å². The van der Waals surface area contributed by atoms with E-state index in [1.165, 1.54) is 11.1 Å². The van der Waals surface area contributed by atoms with Crippen LogP contribution in [0.5, 0.6) is 0 Å². The number of nitrogens with zero attached hydrogens (tertiary/aromatic N) is 1. The van der Waals surface area contributed by atoms with E-state index in [-0.39, 0.29) is 6.04 Å². The molecule has 1 N–H and O–H groups in total. The van der Waals surface area contributed by atoms with Crippen molar-refractivity contribution in [2.24, 2.45) is 0 Å². The van der Waals surface area contributed by atoms with Crippen molar-refractivity contribution in [3.63, 3.8) is 0 Å². The molecule has 0 saturated carbocycles. The fourth-order valence-corrected chi connectivity index (χ4v) is 2.18. The summed E-state index contributed by atoms with van der Waals surface area (Å²) in [4.78, 5) is 2.06. The average molecular weight is 207 g/mol. The standard InChI is InChI=1S/C13H21NO/c1-10-8-6-7-9-11(10)12(14(4)5)13(2,3)15/h6-9,12,15H,1-5H3. The fraction of sp³-hybridized carbons (Fsp3) is 0.538. The normalized spacial score (nSPS) is 14.3. The maximum absolute atomic E-state index is 10.2. The molecule has 15 heavy (non-hydrogen) atoms. The number of aliphatic hydroxyl groups is 1. The molecular weight excluding hydrogens is 186 g/mol. The van der Waals surface area contributed by atoms with E-state index < -0.39 is 5.60 Å². The first-order valence-electron chi connectivity index (χ1n) is 5.28. The minimum absolute atomic E-state index is 0.0266. The van der Waals surface area contributed by atoms with Gasteiger partial charge in [0.05, 0.1) is 11.6 Å². The van der Waals surface area contributed by atoms with Crippen LogP contribution in [0.1, 0.15) is 31.0 Å². The summed E-state index contributed by atoms with van der Waals surface area (Å²) >= 11 is 0. The summed E-state index contributed by atoms with van der Waals surface area (Å²) in [5, 5.41) is 10.2. The van der Waals surface area contributed by atoms with Crippen molar-refractivity contribution in [1.29, 1.82) is 0 Å². The zero-order valence-electron chi connectivity index (χ0n) is 10.3. The van der Waals surface area contributed by atoms with Gasteiger partial charge < -0.3 is 5.11 Å². The maximum Gasteiger partial charge on any atom is 0.0787 e. The van der Waals surface area contributed by atoms with Crippen molar-refractivity contribution in [1.82, 2.24) is 4.90 Å². The van der Waals surface area contributed by atoms with Crippen molar-refractivity contribution in [2.75, 3.05) is 14.1 Å². The summed E-state index contributed by atoms with van der Waals surface area (Å²) in [6, 6.07) is 8.23. The van der Waals surface area contributed by atoms with Gasteiger partial charge in [0.2, 0.25) is 0 Å². The third kappa shape index (κ3) is 2.80. The van der Waals surface area contributed by atoms with E-state index >= 15 is 0 Å². The van der Waals surface area contributed by atoms with Crippen LogP contribution in [0.2, 0.25) is 0 Å². The Morgan fingerprint density at radius 1 is 1.20 bits per heavy atom. The molecule has 1 aromatic rings. The number of likely N-dealkylation sites (N-methyl/N-ethyl adjacent to an activating group) is 1. The number of hydrogen-bond acceptors (Lipinski definition) is 2. The summed E-state index contributed by atoms with van der Waals surface area (Å²) < 4.78 is 0. The van der Waals surface area contributed by atoms with Crippen molar-refractivity contribution >= 4 is 0 Å². The van der Waals surface area contributed by atoms with E-state index in [0.29, 0.717) is 0 Å². The number of benzene rings is 1. The van der Waals surface area contributed by atoms with E-state index in [1.54, 1.807) is 0 Å². The SMILES string of the molecule is Cc1ccccc1C(N(C)C)C(C)(C)O. The number of rotatable bonds is 3. The third-order valence-electron chi connectivity index (χ3n) is 2.67. The molecule has 0 radical (unpaired) electrons. The second-order valence-electron chi connectivity index (χ2n) is 4.88. The molecule has 0 aliphatic rings. The van der Waals surface area contributed by atoms with Crippen molar-refractivity contribution in [3.8, 4) is 0 Å². The predicted octanol–water partition coefficient (Wildman–Crippen LogP) is 2.37. The lowest BCUT2D eigenvalue weighted by Crippen LogP contribution is -2.38. The average Bonchev–Trinajstić information content (AvgIpc) is 2.05. The van der Waals surface area contributed by atoms with E-state index in [0.717, 1.165) is 0 Å². The summed E-state index contributed by atoms with van der Waals surface area (Å²) in [5.74, 6) is 0. The third-order valence-corrected chi connectivity index (χ3v) is 2.67. The summed E-state index contributed by atoms with van der Waals surface area (Å²) in [6.45, 7) is 5.78. The van der Waals surface area contributed by atoms with E-state index in [9.17, 15) is 5.11 Å². The Morgan fingerprint density at radius 3 is 2.13 bits per heavy atom. The van der Waals surface area contributed by atoms with E-state index in [1.807, 2.05) is 40.1 Å². The molecule has 0 saturated heterocycles. The van der Waals surface area contributed by atoms with Crippen LogP contribution in [0, 0.1) is 6.92 Å². The molecule has 1 aromatic carbocycles. The highest BCUT2D eigenvalue weighted by Crippen LogP contribution is 2.31. The first kappa shape index (κ1) is 12.2. The molecule has 2 heteroatoms. The Balaban J connectivity index is 3.17. The second-order valence-corrected chi connectivity index (χ2v) is 4.88. The quantitative estimate of drug-likeness (QED) is 0.822. The van der Waals surface area contributed by atoms with Crippen LogP contribution in [0.3, 0.4) is 0 Å². The van der Waals surface area contributed by atoms with Gasteiger partial charge in [-0.1, -0.05) is 24.3 Å². The van der Waals surface area contributed by atoms with Gasteiger partial charge in [-0.05, 0) is 46.0 Å². The molecule has 84 valence electrons. The number of aryl methyl sites for hydroxylation is 1. The first-order chi connectivity index (χ1) is 6.84. The van der Waals surface area contributed by atoms with Crippen molar-refractivity contribution in [3.05, 3.63) is 35.4 Å². The largest absolute Gasteiger partial charge is 0.388 e. The van der Waals surface area contributed by atoms with Gasteiger partial charge in [0.1, 0.15) is 0 Å². The maximum atomic E-state index is 10.2. The molecular formula is C13H21NO. The number of hydrogen-bond donors (Lipinski definition) is 1. The van der Waals surface area contributed by atoms with Crippen LogP contribution in [-0.4, -0.2) is 29.7 Å². The summed E-state index contributed by atoms with van der Waals surface area (Å²) in [7, 11) is 3.99. The highest BCUT2D eigenvalue weighted by atomic mass is 16.3. The van der Waals surface area contributed by atoms with Gasteiger partial charge in [-0.2, -0.15) is 0 Å². The minimum Gasteiger partial charge on any atom is -0.388 e. The van der Waals surface area contributed by atoms with Crippen LogP contribution < -0.4 is 0 Å². The van der Waals surface area contributed by atoms with Gasteiger partial charge in [-0.15, -0.1) is 0 Å².